The summed E-state index contributed by atoms with van der Waals surface area (Å²) in [6.07, 6.45) is -0.188. The van der Waals surface area contributed by atoms with Crippen molar-refractivity contribution in [2.24, 2.45) is 0 Å². The van der Waals surface area contributed by atoms with Gasteiger partial charge in [-0.2, -0.15) is 0 Å². The number of hydrogen-bond acceptors (Lipinski definition) is 6. The minimum Gasteiger partial charge on any atom is -0.463 e. The maximum Gasteiger partial charge on any atom is 0.308 e. The van der Waals surface area contributed by atoms with E-state index in [1.165, 1.54) is 12.1 Å². The summed E-state index contributed by atoms with van der Waals surface area (Å²) >= 11 is 0. The molecule has 0 radical (unpaired) electrons. The first kappa shape index (κ1) is 29.8. The van der Waals surface area contributed by atoms with E-state index >= 15 is 0 Å². The van der Waals surface area contributed by atoms with Gasteiger partial charge in [0.1, 0.15) is 6.61 Å². The number of hydrogen-bond donors (Lipinski definition) is 2. The number of cyclic esters (lactones) is 1. The van der Waals surface area contributed by atoms with Crippen molar-refractivity contribution in [1.82, 2.24) is 5.32 Å². The summed E-state index contributed by atoms with van der Waals surface area (Å²) in [6.45, 7) is 2.15. The summed E-state index contributed by atoms with van der Waals surface area (Å²) in [5.41, 5.74) is -3.65. The van der Waals surface area contributed by atoms with Crippen LogP contribution in [0.15, 0.2) is 47.4 Å². The summed E-state index contributed by atoms with van der Waals surface area (Å²) in [5, 5.41) is 13.2. The van der Waals surface area contributed by atoms with Gasteiger partial charge in [0, 0.05) is 20.3 Å². The number of carbonyl (C=O) groups excluding carboxylic acids is 2. The van der Waals surface area contributed by atoms with Crippen molar-refractivity contribution < 1.29 is 45.4 Å². The Morgan fingerprint density at radius 1 is 1.10 bits per heavy atom. The maximum atomic E-state index is 14.4. The Labute approximate surface area is 229 Å². The Balaban J connectivity index is 1.76. The Kier molecular flexibility index (Phi) is 7.69. The third-order valence-corrected chi connectivity index (χ3v) is 9.19. The highest BCUT2D eigenvalue weighted by Crippen LogP contribution is 2.49. The fourth-order valence-electron chi connectivity index (χ4n) is 5.19. The van der Waals surface area contributed by atoms with Crippen molar-refractivity contribution in [2.45, 2.75) is 80.9 Å². The first-order valence-corrected chi connectivity index (χ1v) is 14.1. The van der Waals surface area contributed by atoms with Crippen LogP contribution in [0, 0.1) is 6.92 Å². The van der Waals surface area contributed by atoms with E-state index in [0.29, 0.717) is 0 Å². The smallest absolute Gasteiger partial charge is 0.308 e. The highest BCUT2D eigenvalue weighted by molar-refractivity contribution is 7.92. The van der Waals surface area contributed by atoms with Crippen molar-refractivity contribution in [3.05, 3.63) is 59.2 Å². The standard InChI is InChI=1S/C27H30F4N2O6S/c1-16-4-9-21(10-5-16)40(37,38)33-20(14-23(34)32-19-13-24(35)39-15-19)8-6-17-12-18(7-11-22(17)33)27(36,25(2,28)29)26(3,30)31/h4-5,7,9-12,19-20,36H,6,8,13-15H2,1-3H3,(H,32,34)/t19-,20+/m1/s1. The number of halogens is 4. The van der Waals surface area contributed by atoms with Gasteiger partial charge in [-0.05, 0) is 49.1 Å². The molecule has 2 aliphatic heterocycles. The minimum absolute atomic E-state index is 0.000730. The molecule has 1 saturated heterocycles. The van der Waals surface area contributed by atoms with E-state index in [4.69, 9.17) is 4.74 Å². The van der Waals surface area contributed by atoms with Crippen molar-refractivity contribution >= 4 is 27.6 Å². The number of benzene rings is 2. The number of nitrogens with zero attached hydrogens (tertiary/aromatic N) is 1. The van der Waals surface area contributed by atoms with Gasteiger partial charge in [-0.15, -0.1) is 0 Å². The predicted molar refractivity (Wildman–Crippen MR) is 137 cm³/mol. The minimum atomic E-state index is -4.31. The zero-order chi connectivity index (χ0) is 29.7. The third kappa shape index (κ3) is 5.40. The number of fused-ring (bicyclic) bond motifs is 1. The molecule has 2 atom stereocenters. The number of carbonyl (C=O) groups is 2. The fraction of sp³-hybridized carbons (Fsp3) is 0.481. The quantitative estimate of drug-likeness (QED) is 0.359. The molecule has 2 aliphatic rings. The van der Waals surface area contributed by atoms with Crippen LogP contribution >= 0.6 is 0 Å². The van der Waals surface area contributed by atoms with Crippen molar-refractivity contribution in [3.63, 3.8) is 0 Å². The molecule has 2 aromatic carbocycles. The number of aryl methyl sites for hydroxylation is 2. The van der Waals surface area contributed by atoms with Gasteiger partial charge < -0.3 is 15.2 Å². The number of ether oxygens (including phenoxy) is 1. The first-order valence-electron chi connectivity index (χ1n) is 12.6. The topological polar surface area (TPSA) is 113 Å². The van der Waals surface area contributed by atoms with Gasteiger partial charge in [0.2, 0.25) is 11.5 Å². The zero-order valence-electron chi connectivity index (χ0n) is 22.1. The van der Waals surface area contributed by atoms with E-state index in [1.807, 2.05) is 0 Å². The second kappa shape index (κ2) is 10.3. The number of amides is 1. The van der Waals surface area contributed by atoms with Crippen LogP contribution in [-0.4, -0.2) is 55.9 Å². The van der Waals surface area contributed by atoms with Crippen LogP contribution in [0.3, 0.4) is 0 Å². The van der Waals surface area contributed by atoms with Crippen molar-refractivity contribution in [2.75, 3.05) is 10.9 Å². The lowest BCUT2D eigenvalue weighted by Gasteiger charge is -2.41. The van der Waals surface area contributed by atoms with E-state index in [2.05, 4.69) is 5.32 Å². The second-order valence-electron chi connectivity index (χ2n) is 10.5. The molecule has 8 nitrogen and oxygen atoms in total. The zero-order valence-corrected chi connectivity index (χ0v) is 22.9. The molecule has 2 heterocycles. The number of anilines is 1. The normalized spacial score (nSPS) is 20.2. The number of aliphatic hydroxyl groups is 1. The highest BCUT2D eigenvalue weighted by Gasteiger charge is 2.64. The van der Waals surface area contributed by atoms with Gasteiger partial charge in [0.05, 0.1) is 29.1 Å². The maximum absolute atomic E-state index is 14.4. The molecule has 0 saturated carbocycles. The molecule has 2 N–H and O–H groups in total. The number of alkyl halides is 4. The molecule has 1 amide bonds. The van der Waals surface area contributed by atoms with Crippen LogP contribution in [0.4, 0.5) is 23.2 Å². The van der Waals surface area contributed by atoms with Crippen molar-refractivity contribution in [3.8, 4) is 0 Å². The average molecular weight is 587 g/mol. The second-order valence-corrected chi connectivity index (χ2v) is 12.3. The van der Waals surface area contributed by atoms with Gasteiger partial charge in [0.25, 0.3) is 21.9 Å². The van der Waals surface area contributed by atoms with Crippen LogP contribution in [0.2, 0.25) is 0 Å². The lowest BCUT2D eigenvalue weighted by molar-refractivity contribution is -0.278. The summed E-state index contributed by atoms with van der Waals surface area (Å²) in [4.78, 5) is 24.1. The third-order valence-electron chi connectivity index (χ3n) is 7.31. The molecule has 0 unspecified atom stereocenters. The van der Waals surface area contributed by atoms with E-state index in [-0.39, 0.29) is 62.3 Å². The molecule has 0 aliphatic carbocycles. The first-order chi connectivity index (χ1) is 18.4. The molecule has 0 spiro atoms. The Morgan fingerprint density at radius 2 is 1.73 bits per heavy atom. The van der Waals surface area contributed by atoms with Crippen molar-refractivity contribution in [1.29, 1.82) is 0 Å². The number of nitrogens with one attached hydrogen (secondary N) is 1. The van der Waals surface area contributed by atoms with Crippen LogP contribution in [0.5, 0.6) is 0 Å². The largest absolute Gasteiger partial charge is 0.463 e. The summed E-state index contributed by atoms with van der Waals surface area (Å²) in [6, 6.07) is 7.42. The molecule has 0 bridgehead atoms. The fourth-order valence-corrected chi connectivity index (χ4v) is 6.91. The molecule has 13 heteroatoms. The number of rotatable bonds is 8. The van der Waals surface area contributed by atoms with E-state index in [1.54, 1.807) is 19.1 Å². The molecule has 218 valence electrons. The molecule has 40 heavy (non-hydrogen) atoms. The molecular weight excluding hydrogens is 556 g/mol. The van der Waals surface area contributed by atoms with Gasteiger partial charge in [0.15, 0.2) is 0 Å². The molecule has 4 rings (SSSR count). The number of sulfonamides is 1. The van der Waals surface area contributed by atoms with Gasteiger partial charge >= 0.3 is 5.97 Å². The lowest BCUT2D eigenvalue weighted by Crippen LogP contribution is -2.55. The van der Waals surface area contributed by atoms with E-state index < -0.39 is 57.0 Å². The predicted octanol–water partition coefficient (Wildman–Crippen LogP) is 3.82. The Morgan fingerprint density at radius 3 is 2.27 bits per heavy atom. The summed E-state index contributed by atoms with van der Waals surface area (Å²) in [5.74, 6) is -9.48. The highest BCUT2D eigenvalue weighted by atomic mass is 32.2. The molecule has 2 aromatic rings. The van der Waals surface area contributed by atoms with Gasteiger partial charge in [-0.1, -0.05) is 29.8 Å². The average Bonchev–Trinajstić information content (AvgIpc) is 3.25. The van der Waals surface area contributed by atoms with E-state index in [0.717, 1.165) is 28.1 Å². The Hall–Kier alpha value is -3.19. The monoisotopic (exact) mass is 586 g/mol. The molecule has 0 aromatic heterocycles. The SMILES string of the molecule is Cc1ccc(S(=O)(=O)N2c3ccc(C(O)(C(C)(F)F)C(C)(F)F)cc3CC[C@H]2CC(=O)N[C@H]2COC(=O)C2)cc1. The lowest BCUT2D eigenvalue weighted by atomic mass is 9.81. The van der Waals surface area contributed by atoms with Crippen LogP contribution < -0.4 is 9.62 Å². The van der Waals surface area contributed by atoms with Gasteiger partial charge in [-0.3, -0.25) is 13.9 Å². The molecular formula is C27H30F4N2O6S. The Bertz CT molecular complexity index is 1390. The summed E-state index contributed by atoms with van der Waals surface area (Å²) < 4.78 is 91.2. The van der Waals surface area contributed by atoms with Gasteiger partial charge in [-0.25, -0.2) is 26.0 Å². The van der Waals surface area contributed by atoms with E-state index in [9.17, 15) is 40.7 Å². The van der Waals surface area contributed by atoms with Crippen LogP contribution in [0.1, 0.15) is 49.8 Å². The summed E-state index contributed by atoms with van der Waals surface area (Å²) in [7, 11) is -4.31. The number of esters is 1. The van der Waals surface area contributed by atoms with Crippen LogP contribution in [-0.2, 0) is 36.4 Å². The van der Waals surface area contributed by atoms with Crippen LogP contribution in [0.25, 0.3) is 0 Å². The molecule has 1 fully saturated rings.